The Morgan fingerprint density at radius 2 is 2.03 bits per heavy atom. The van der Waals surface area contributed by atoms with Gasteiger partial charge in [-0.15, -0.1) is 16.8 Å². The fourth-order valence-electron chi connectivity index (χ4n) is 2.83. The van der Waals surface area contributed by atoms with Crippen LogP contribution in [-0.2, 0) is 11.3 Å². The van der Waals surface area contributed by atoms with Gasteiger partial charge in [-0.25, -0.2) is 0 Å². The second kappa shape index (κ2) is 9.76. The molecule has 1 atom stereocenters. The highest BCUT2D eigenvalue weighted by atomic mass is 32.2. The van der Waals surface area contributed by atoms with Crippen molar-refractivity contribution in [2.45, 2.75) is 23.9 Å². The first-order chi connectivity index (χ1) is 14.6. The van der Waals surface area contributed by atoms with E-state index in [1.807, 2.05) is 28.8 Å². The van der Waals surface area contributed by atoms with Gasteiger partial charge in [0.1, 0.15) is 11.8 Å². The molecule has 8 heteroatoms. The molecule has 7 nitrogen and oxygen atoms in total. The number of carbonyl (C=O) groups excluding carboxylic acids is 1. The van der Waals surface area contributed by atoms with E-state index in [0.29, 0.717) is 34.5 Å². The number of nitriles is 1. The highest BCUT2D eigenvalue weighted by molar-refractivity contribution is 8.00. The van der Waals surface area contributed by atoms with Gasteiger partial charge in [0.25, 0.3) is 0 Å². The molecule has 0 aliphatic heterocycles. The van der Waals surface area contributed by atoms with E-state index in [9.17, 15) is 10.1 Å². The van der Waals surface area contributed by atoms with Crippen LogP contribution in [0.2, 0.25) is 0 Å². The first-order valence-electron chi connectivity index (χ1n) is 9.23. The third kappa shape index (κ3) is 4.53. The van der Waals surface area contributed by atoms with Crippen molar-refractivity contribution in [1.29, 1.82) is 5.26 Å². The lowest BCUT2D eigenvalue weighted by Gasteiger charge is -2.14. The van der Waals surface area contributed by atoms with Crippen LogP contribution in [-0.4, -0.2) is 33.0 Å². The number of hydrogen-bond donors (Lipinski definition) is 1. The molecule has 0 bridgehead atoms. The van der Waals surface area contributed by atoms with Gasteiger partial charge in [0.05, 0.1) is 29.2 Å². The highest BCUT2D eigenvalue weighted by Crippen LogP contribution is 2.32. The summed E-state index contributed by atoms with van der Waals surface area (Å²) < 4.78 is 7.34. The van der Waals surface area contributed by atoms with Crippen molar-refractivity contribution >= 4 is 23.4 Å². The Labute approximate surface area is 179 Å². The molecule has 0 aliphatic carbocycles. The number of ether oxygens (including phenoxy) is 1. The quantitative estimate of drug-likeness (QED) is 0.436. The first-order valence-corrected chi connectivity index (χ1v) is 10.1. The molecule has 3 aromatic rings. The van der Waals surface area contributed by atoms with E-state index < -0.39 is 5.25 Å². The van der Waals surface area contributed by atoms with E-state index in [0.717, 1.165) is 5.56 Å². The molecule has 1 unspecified atom stereocenters. The lowest BCUT2D eigenvalue weighted by Crippen LogP contribution is -2.23. The largest absolute Gasteiger partial charge is 0.496 e. The number of nitrogens with zero attached hydrogens (tertiary/aromatic N) is 4. The van der Waals surface area contributed by atoms with Crippen LogP contribution in [0.5, 0.6) is 5.75 Å². The molecule has 0 fully saturated rings. The van der Waals surface area contributed by atoms with Crippen molar-refractivity contribution in [1.82, 2.24) is 14.8 Å². The molecule has 0 aliphatic rings. The lowest BCUT2D eigenvalue weighted by atomic mass is 10.2. The Morgan fingerprint density at radius 1 is 1.30 bits per heavy atom. The summed E-state index contributed by atoms with van der Waals surface area (Å²) in [4.78, 5) is 12.7. The fourth-order valence-corrected chi connectivity index (χ4v) is 3.69. The predicted molar refractivity (Wildman–Crippen MR) is 117 cm³/mol. The maximum atomic E-state index is 12.7. The summed E-state index contributed by atoms with van der Waals surface area (Å²) in [5.74, 6) is 1.10. The minimum Gasteiger partial charge on any atom is -0.496 e. The van der Waals surface area contributed by atoms with E-state index in [-0.39, 0.29) is 5.91 Å². The summed E-state index contributed by atoms with van der Waals surface area (Å²) in [6.45, 7) is 6.08. The highest BCUT2D eigenvalue weighted by Gasteiger charge is 2.22. The van der Waals surface area contributed by atoms with Gasteiger partial charge in [0, 0.05) is 6.54 Å². The third-order valence-electron chi connectivity index (χ3n) is 4.33. The van der Waals surface area contributed by atoms with Crippen molar-refractivity contribution in [2.24, 2.45) is 0 Å². The number of carbonyl (C=O) groups is 1. The smallest absolute Gasteiger partial charge is 0.237 e. The van der Waals surface area contributed by atoms with E-state index in [2.05, 4.69) is 28.2 Å². The Morgan fingerprint density at radius 3 is 2.77 bits per heavy atom. The molecule has 3 rings (SSSR count). The van der Waals surface area contributed by atoms with E-state index >= 15 is 0 Å². The summed E-state index contributed by atoms with van der Waals surface area (Å²) in [7, 11) is 1.61. The number of thioether (sulfide) groups is 1. The molecule has 152 valence electrons. The fraction of sp³-hybridized carbons (Fsp3) is 0.182. The van der Waals surface area contributed by atoms with Gasteiger partial charge in [-0.2, -0.15) is 5.26 Å². The standard InChI is InChI=1S/C22H21N5O2S/c1-4-13-27-20(17-10-6-8-12-19(17)29-3)25-26-22(27)30-15(2)21(28)24-18-11-7-5-9-16(18)14-23/h4-12,15H,1,13H2,2-3H3,(H,24,28). The van der Waals surface area contributed by atoms with Gasteiger partial charge in [0.15, 0.2) is 11.0 Å². The van der Waals surface area contributed by atoms with Crippen LogP contribution in [0.1, 0.15) is 12.5 Å². The number of methoxy groups -OCH3 is 1. The van der Waals surface area contributed by atoms with Crippen molar-refractivity contribution < 1.29 is 9.53 Å². The molecule has 30 heavy (non-hydrogen) atoms. The maximum Gasteiger partial charge on any atom is 0.237 e. The van der Waals surface area contributed by atoms with E-state index in [4.69, 9.17) is 4.74 Å². The Bertz CT molecular complexity index is 1100. The van der Waals surface area contributed by atoms with Crippen molar-refractivity contribution in [3.63, 3.8) is 0 Å². The molecule has 1 amide bonds. The Kier molecular flexibility index (Phi) is 6.88. The zero-order valence-electron chi connectivity index (χ0n) is 16.7. The maximum absolute atomic E-state index is 12.7. The molecule has 0 spiro atoms. The van der Waals surface area contributed by atoms with Crippen molar-refractivity contribution in [3.05, 3.63) is 66.7 Å². The molecule has 2 aromatic carbocycles. The van der Waals surface area contributed by atoms with Crippen molar-refractivity contribution in [2.75, 3.05) is 12.4 Å². The number of anilines is 1. The number of allylic oxidation sites excluding steroid dienone is 1. The van der Waals surface area contributed by atoms with E-state index in [1.165, 1.54) is 11.8 Å². The molecule has 1 heterocycles. The van der Waals surface area contributed by atoms with Gasteiger partial charge in [-0.1, -0.05) is 42.1 Å². The second-order valence-electron chi connectivity index (χ2n) is 6.31. The number of rotatable bonds is 8. The van der Waals surface area contributed by atoms with Crippen LogP contribution in [0.25, 0.3) is 11.4 Å². The second-order valence-corrected chi connectivity index (χ2v) is 7.62. The van der Waals surface area contributed by atoms with Gasteiger partial charge in [0.2, 0.25) is 5.91 Å². The third-order valence-corrected chi connectivity index (χ3v) is 5.41. The van der Waals surface area contributed by atoms with Crippen LogP contribution < -0.4 is 10.1 Å². The Balaban J connectivity index is 1.84. The average molecular weight is 420 g/mol. The van der Waals surface area contributed by atoms with Crippen LogP contribution in [0.4, 0.5) is 5.69 Å². The van der Waals surface area contributed by atoms with Gasteiger partial charge >= 0.3 is 0 Å². The SMILES string of the molecule is C=CCn1c(SC(C)C(=O)Nc2ccccc2C#N)nnc1-c1ccccc1OC. The van der Waals surface area contributed by atoms with Crippen LogP contribution in [0, 0.1) is 11.3 Å². The van der Waals surface area contributed by atoms with Crippen molar-refractivity contribution in [3.8, 4) is 23.2 Å². The minimum absolute atomic E-state index is 0.227. The van der Waals surface area contributed by atoms with E-state index in [1.54, 1.807) is 44.4 Å². The van der Waals surface area contributed by atoms with Gasteiger partial charge in [-0.3, -0.25) is 9.36 Å². The summed E-state index contributed by atoms with van der Waals surface area (Å²) in [6.07, 6.45) is 1.75. The molecule has 0 radical (unpaired) electrons. The summed E-state index contributed by atoms with van der Waals surface area (Å²) in [5, 5.41) is 20.8. The molecule has 1 N–H and O–H groups in total. The number of para-hydroxylation sites is 2. The summed E-state index contributed by atoms with van der Waals surface area (Å²) >= 11 is 1.29. The Hall–Kier alpha value is -3.57. The van der Waals surface area contributed by atoms with Crippen LogP contribution in [0.3, 0.4) is 0 Å². The molecule has 0 saturated carbocycles. The summed E-state index contributed by atoms with van der Waals surface area (Å²) in [5.41, 5.74) is 1.71. The molecular formula is C22H21N5O2S. The monoisotopic (exact) mass is 419 g/mol. The molecular weight excluding hydrogens is 398 g/mol. The van der Waals surface area contributed by atoms with Gasteiger partial charge in [-0.05, 0) is 31.2 Å². The molecule has 1 aromatic heterocycles. The number of amides is 1. The topological polar surface area (TPSA) is 92.8 Å². The molecule has 0 saturated heterocycles. The van der Waals surface area contributed by atoms with Crippen LogP contribution >= 0.6 is 11.8 Å². The average Bonchev–Trinajstić information content (AvgIpc) is 3.16. The number of hydrogen-bond acceptors (Lipinski definition) is 6. The number of benzene rings is 2. The minimum atomic E-state index is -0.463. The van der Waals surface area contributed by atoms with Gasteiger partial charge < -0.3 is 10.1 Å². The first kappa shape index (κ1) is 21.1. The number of nitrogens with one attached hydrogen (secondary N) is 1. The number of aromatic nitrogens is 3. The zero-order chi connectivity index (χ0) is 21.5. The lowest BCUT2D eigenvalue weighted by molar-refractivity contribution is -0.115. The summed E-state index contributed by atoms with van der Waals surface area (Å²) in [6, 6.07) is 16.5. The predicted octanol–water partition coefficient (Wildman–Crippen LogP) is 4.13. The normalized spacial score (nSPS) is 11.4. The zero-order valence-corrected chi connectivity index (χ0v) is 17.5. The van der Waals surface area contributed by atoms with Crippen LogP contribution in [0.15, 0.2) is 66.3 Å².